The zero-order chi connectivity index (χ0) is 11.9. The molecule has 1 aromatic rings. The standard InChI is InChI=1S/C14H22N2S/c1-2-16-14-5-3-4-12(14)8-11-17-13-6-9-15-10-7-13/h6-7,9-10,12,14,16H,2-5,8,11H2,1H3. The van der Waals surface area contributed by atoms with Gasteiger partial charge in [0.05, 0.1) is 0 Å². The van der Waals surface area contributed by atoms with Gasteiger partial charge in [-0.2, -0.15) is 0 Å². The maximum atomic E-state index is 4.04. The minimum Gasteiger partial charge on any atom is -0.314 e. The van der Waals surface area contributed by atoms with Crippen LogP contribution in [0.2, 0.25) is 0 Å². The number of nitrogens with zero attached hydrogens (tertiary/aromatic N) is 1. The monoisotopic (exact) mass is 250 g/mol. The van der Waals surface area contributed by atoms with Gasteiger partial charge in [0.2, 0.25) is 0 Å². The van der Waals surface area contributed by atoms with E-state index in [9.17, 15) is 0 Å². The van der Waals surface area contributed by atoms with Gasteiger partial charge in [-0.25, -0.2) is 0 Å². The Balaban J connectivity index is 1.71. The molecule has 2 nitrogen and oxygen atoms in total. The van der Waals surface area contributed by atoms with Crippen molar-refractivity contribution in [1.29, 1.82) is 0 Å². The first-order valence-electron chi connectivity index (χ1n) is 6.66. The van der Waals surface area contributed by atoms with Crippen LogP contribution in [0.3, 0.4) is 0 Å². The third-order valence-electron chi connectivity index (χ3n) is 3.53. The van der Waals surface area contributed by atoms with E-state index in [1.54, 1.807) is 0 Å². The second-order valence-electron chi connectivity index (χ2n) is 4.68. The average Bonchev–Trinajstić information content (AvgIpc) is 2.79. The number of aromatic nitrogens is 1. The number of hydrogen-bond acceptors (Lipinski definition) is 3. The molecule has 1 aliphatic rings. The van der Waals surface area contributed by atoms with E-state index < -0.39 is 0 Å². The molecule has 0 spiro atoms. The van der Waals surface area contributed by atoms with Gasteiger partial charge in [-0.05, 0) is 49.6 Å². The fourth-order valence-electron chi connectivity index (χ4n) is 2.68. The highest BCUT2D eigenvalue weighted by Gasteiger charge is 2.25. The van der Waals surface area contributed by atoms with Crippen molar-refractivity contribution in [1.82, 2.24) is 10.3 Å². The van der Waals surface area contributed by atoms with Crippen LogP contribution in [-0.2, 0) is 0 Å². The first-order chi connectivity index (χ1) is 8.40. The summed E-state index contributed by atoms with van der Waals surface area (Å²) >= 11 is 1.96. The second-order valence-corrected chi connectivity index (χ2v) is 5.84. The molecule has 0 aliphatic heterocycles. The molecule has 17 heavy (non-hydrogen) atoms. The van der Waals surface area contributed by atoms with Crippen LogP contribution in [-0.4, -0.2) is 23.3 Å². The van der Waals surface area contributed by atoms with Gasteiger partial charge in [-0.1, -0.05) is 13.3 Å². The van der Waals surface area contributed by atoms with Crippen LogP contribution in [0.4, 0.5) is 0 Å². The Morgan fingerprint density at radius 3 is 2.94 bits per heavy atom. The quantitative estimate of drug-likeness (QED) is 0.784. The summed E-state index contributed by atoms with van der Waals surface area (Å²) in [6.07, 6.45) is 9.28. The van der Waals surface area contributed by atoms with Crippen LogP contribution in [0, 0.1) is 5.92 Å². The smallest absolute Gasteiger partial charge is 0.0278 e. The van der Waals surface area contributed by atoms with Gasteiger partial charge in [0.25, 0.3) is 0 Å². The lowest BCUT2D eigenvalue weighted by Gasteiger charge is -2.19. The molecule has 1 N–H and O–H groups in total. The molecule has 1 heterocycles. The molecule has 0 amide bonds. The molecule has 0 saturated heterocycles. The van der Waals surface area contributed by atoms with Crippen molar-refractivity contribution in [3.8, 4) is 0 Å². The fourth-order valence-corrected chi connectivity index (χ4v) is 3.65. The lowest BCUT2D eigenvalue weighted by Crippen LogP contribution is -2.32. The lowest BCUT2D eigenvalue weighted by atomic mass is 10.0. The predicted molar refractivity (Wildman–Crippen MR) is 74.4 cm³/mol. The Morgan fingerprint density at radius 2 is 2.18 bits per heavy atom. The van der Waals surface area contributed by atoms with E-state index in [1.165, 1.54) is 36.3 Å². The molecule has 2 rings (SSSR count). The number of nitrogens with one attached hydrogen (secondary N) is 1. The molecule has 1 saturated carbocycles. The molecule has 1 aliphatic carbocycles. The maximum absolute atomic E-state index is 4.04. The molecule has 0 aromatic carbocycles. The summed E-state index contributed by atoms with van der Waals surface area (Å²) in [4.78, 5) is 5.39. The first kappa shape index (κ1) is 12.9. The molecule has 0 radical (unpaired) electrons. The zero-order valence-electron chi connectivity index (χ0n) is 10.6. The SMILES string of the molecule is CCNC1CCCC1CCSc1ccncc1. The molecule has 0 bridgehead atoms. The van der Waals surface area contributed by atoms with Crippen molar-refractivity contribution in [3.05, 3.63) is 24.5 Å². The molecular formula is C14H22N2S. The Hall–Kier alpha value is -0.540. The summed E-state index contributed by atoms with van der Waals surface area (Å²) in [6, 6.07) is 4.97. The number of thioether (sulfide) groups is 1. The highest BCUT2D eigenvalue weighted by Crippen LogP contribution is 2.30. The van der Waals surface area contributed by atoms with E-state index in [0.29, 0.717) is 0 Å². The molecule has 1 fully saturated rings. The van der Waals surface area contributed by atoms with Crippen molar-refractivity contribution in [2.75, 3.05) is 12.3 Å². The summed E-state index contributed by atoms with van der Waals surface area (Å²) in [5.74, 6) is 2.13. The van der Waals surface area contributed by atoms with Crippen LogP contribution < -0.4 is 5.32 Å². The van der Waals surface area contributed by atoms with Gasteiger partial charge in [0, 0.05) is 23.3 Å². The van der Waals surface area contributed by atoms with Crippen LogP contribution >= 0.6 is 11.8 Å². The normalized spacial score (nSPS) is 24.1. The molecule has 3 heteroatoms. The summed E-state index contributed by atoms with van der Waals surface area (Å²) in [7, 11) is 0. The number of hydrogen-bond donors (Lipinski definition) is 1. The van der Waals surface area contributed by atoms with E-state index in [4.69, 9.17) is 0 Å². The minimum atomic E-state index is 0.776. The molecule has 2 unspecified atom stereocenters. The van der Waals surface area contributed by atoms with E-state index in [2.05, 4.69) is 29.4 Å². The summed E-state index contributed by atoms with van der Waals surface area (Å²) in [5.41, 5.74) is 0. The van der Waals surface area contributed by atoms with Gasteiger partial charge >= 0.3 is 0 Å². The predicted octanol–water partition coefficient (Wildman–Crippen LogP) is 3.34. The summed E-state index contributed by atoms with van der Waals surface area (Å²) in [5, 5.41) is 3.62. The van der Waals surface area contributed by atoms with E-state index >= 15 is 0 Å². The molecule has 2 atom stereocenters. The third kappa shape index (κ3) is 4.00. The van der Waals surface area contributed by atoms with E-state index in [0.717, 1.165) is 18.5 Å². The van der Waals surface area contributed by atoms with Gasteiger partial charge in [0.15, 0.2) is 0 Å². The van der Waals surface area contributed by atoms with E-state index in [-0.39, 0.29) is 0 Å². The Kier molecular flexibility index (Phi) is 5.33. The van der Waals surface area contributed by atoms with Crippen LogP contribution in [0.1, 0.15) is 32.6 Å². The van der Waals surface area contributed by atoms with Gasteiger partial charge in [-0.15, -0.1) is 11.8 Å². The van der Waals surface area contributed by atoms with Crippen LogP contribution in [0.15, 0.2) is 29.4 Å². The van der Waals surface area contributed by atoms with Gasteiger partial charge in [-0.3, -0.25) is 4.98 Å². The van der Waals surface area contributed by atoms with Crippen molar-refractivity contribution < 1.29 is 0 Å². The summed E-state index contributed by atoms with van der Waals surface area (Å²) < 4.78 is 0. The van der Waals surface area contributed by atoms with Crippen molar-refractivity contribution in [3.63, 3.8) is 0 Å². The number of rotatable bonds is 6. The van der Waals surface area contributed by atoms with Crippen molar-refractivity contribution >= 4 is 11.8 Å². The van der Waals surface area contributed by atoms with Gasteiger partial charge in [0.1, 0.15) is 0 Å². The van der Waals surface area contributed by atoms with Crippen molar-refractivity contribution in [2.24, 2.45) is 5.92 Å². The molecule has 94 valence electrons. The average molecular weight is 250 g/mol. The van der Waals surface area contributed by atoms with Gasteiger partial charge < -0.3 is 5.32 Å². The Bertz CT molecular complexity index is 315. The third-order valence-corrected chi connectivity index (χ3v) is 4.58. The number of pyridine rings is 1. The Labute approximate surface area is 109 Å². The van der Waals surface area contributed by atoms with Crippen LogP contribution in [0.5, 0.6) is 0 Å². The first-order valence-corrected chi connectivity index (χ1v) is 7.65. The fraction of sp³-hybridized carbons (Fsp3) is 0.643. The highest BCUT2D eigenvalue weighted by molar-refractivity contribution is 7.99. The van der Waals surface area contributed by atoms with Crippen molar-refractivity contribution in [2.45, 2.75) is 43.5 Å². The highest BCUT2D eigenvalue weighted by atomic mass is 32.2. The minimum absolute atomic E-state index is 0.776. The second kappa shape index (κ2) is 7.02. The summed E-state index contributed by atoms with van der Waals surface area (Å²) in [6.45, 7) is 3.32. The molecule has 1 aromatic heterocycles. The van der Waals surface area contributed by atoms with Crippen LogP contribution in [0.25, 0.3) is 0 Å². The largest absolute Gasteiger partial charge is 0.314 e. The lowest BCUT2D eigenvalue weighted by molar-refractivity contribution is 0.400. The van der Waals surface area contributed by atoms with E-state index in [1.807, 2.05) is 24.2 Å². The Morgan fingerprint density at radius 1 is 1.35 bits per heavy atom. The zero-order valence-corrected chi connectivity index (χ0v) is 11.4. The maximum Gasteiger partial charge on any atom is 0.0278 e. The topological polar surface area (TPSA) is 24.9 Å². The molecular weight excluding hydrogens is 228 g/mol.